The van der Waals surface area contributed by atoms with E-state index in [4.69, 9.17) is 13.3 Å². The minimum absolute atomic E-state index is 0.293. The summed E-state index contributed by atoms with van der Waals surface area (Å²) in [6, 6.07) is 3.17. The van der Waals surface area contributed by atoms with Crippen LogP contribution >= 0.6 is 0 Å². The third-order valence-corrected chi connectivity index (χ3v) is 5.02. The molecule has 3 nitrogen and oxygen atoms in total. The molecular formula is C11H16F2O3Si. The number of halogens is 2. The van der Waals surface area contributed by atoms with Crippen LogP contribution in [0.3, 0.4) is 0 Å². The van der Waals surface area contributed by atoms with Crippen LogP contribution in [0.25, 0.3) is 0 Å². The molecule has 17 heavy (non-hydrogen) atoms. The van der Waals surface area contributed by atoms with Gasteiger partial charge in [-0.25, -0.2) is 8.78 Å². The van der Waals surface area contributed by atoms with Gasteiger partial charge in [-0.3, -0.25) is 0 Å². The lowest BCUT2D eigenvalue weighted by Gasteiger charge is -2.27. The fourth-order valence-corrected chi connectivity index (χ4v) is 3.83. The Bertz CT molecular complexity index is 347. The van der Waals surface area contributed by atoms with Crippen molar-refractivity contribution in [2.24, 2.45) is 0 Å². The molecule has 0 aliphatic rings. The minimum atomic E-state index is -3.19. The summed E-state index contributed by atoms with van der Waals surface area (Å²) in [7, 11) is -1.77. The van der Waals surface area contributed by atoms with Crippen LogP contribution < -0.4 is 5.19 Å². The smallest absolute Gasteiger partial charge is 0.373 e. The van der Waals surface area contributed by atoms with Crippen LogP contribution in [0.2, 0.25) is 0 Å². The van der Waals surface area contributed by atoms with E-state index >= 15 is 0 Å². The fourth-order valence-electron chi connectivity index (χ4n) is 1.55. The molecule has 0 unspecified atom stereocenters. The second-order valence-corrected chi connectivity index (χ2v) is 5.96. The zero-order valence-electron chi connectivity index (χ0n) is 10.1. The third-order valence-electron chi connectivity index (χ3n) is 2.15. The molecule has 0 atom stereocenters. The highest BCUT2D eigenvalue weighted by molar-refractivity contribution is 6.75. The Morgan fingerprint density at radius 1 is 1.00 bits per heavy atom. The maximum atomic E-state index is 13.2. The Morgan fingerprint density at radius 2 is 1.47 bits per heavy atom. The molecule has 0 bridgehead atoms. The van der Waals surface area contributed by atoms with Crippen LogP contribution in [-0.4, -0.2) is 29.1 Å². The van der Waals surface area contributed by atoms with E-state index < -0.39 is 20.4 Å². The molecule has 1 aromatic carbocycles. The van der Waals surface area contributed by atoms with Crippen molar-refractivity contribution < 1.29 is 22.1 Å². The van der Waals surface area contributed by atoms with Crippen molar-refractivity contribution >= 4 is 14.0 Å². The zero-order chi connectivity index (χ0) is 12.9. The van der Waals surface area contributed by atoms with Gasteiger partial charge in [-0.15, -0.1) is 0 Å². The van der Waals surface area contributed by atoms with Gasteiger partial charge in [0.2, 0.25) is 0 Å². The fraction of sp³-hybridized carbons (Fsp3) is 0.455. The van der Waals surface area contributed by atoms with Crippen LogP contribution in [0.1, 0.15) is 13.8 Å². The molecule has 0 spiro atoms. The van der Waals surface area contributed by atoms with Gasteiger partial charge >= 0.3 is 8.80 Å². The van der Waals surface area contributed by atoms with E-state index in [1.165, 1.54) is 19.2 Å². The second-order valence-electron chi connectivity index (χ2n) is 3.28. The van der Waals surface area contributed by atoms with E-state index in [0.717, 1.165) is 6.07 Å². The van der Waals surface area contributed by atoms with Crippen LogP contribution in [0.4, 0.5) is 8.78 Å². The van der Waals surface area contributed by atoms with Crippen molar-refractivity contribution in [2.45, 2.75) is 13.8 Å². The van der Waals surface area contributed by atoms with Crippen LogP contribution in [-0.2, 0) is 13.3 Å². The van der Waals surface area contributed by atoms with Gasteiger partial charge in [0.25, 0.3) is 0 Å². The Labute approximate surface area is 101 Å². The van der Waals surface area contributed by atoms with Gasteiger partial charge in [-0.05, 0) is 26.0 Å². The van der Waals surface area contributed by atoms with E-state index in [1.807, 2.05) is 0 Å². The first kappa shape index (κ1) is 14.2. The molecule has 0 aliphatic heterocycles. The first-order valence-corrected chi connectivity index (χ1v) is 7.10. The molecule has 0 heterocycles. The van der Waals surface area contributed by atoms with E-state index in [0.29, 0.717) is 18.4 Å². The highest BCUT2D eigenvalue weighted by atomic mass is 28.4. The average Bonchev–Trinajstić information content (AvgIpc) is 2.27. The van der Waals surface area contributed by atoms with Gasteiger partial charge in [0.05, 0.1) is 0 Å². The minimum Gasteiger partial charge on any atom is -0.373 e. The van der Waals surface area contributed by atoms with Gasteiger partial charge in [-0.2, -0.15) is 0 Å². The third kappa shape index (κ3) is 3.32. The lowest BCUT2D eigenvalue weighted by atomic mass is 10.3. The number of hydrogen-bond acceptors (Lipinski definition) is 3. The normalized spacial score (nSPS) is 11.8. The Morgan fingerprint density at radius 3 is 1.82 bits per heavy atom. The largest absolute Gasteiger partial charge is 0.537 e. The molecule has 0 aliphatic carbocycles. The van der Waals surface area contributed by atoms with Gasteiger partial charge in [0, 0.05) is 31.6 Å². The second kappa shape index (κ2) is 6.20. The van der Waals surface area contributed by atoms with E-state index in [2.05, 4.69) is 0 Å². The predicted octanol–water partition coefficient (Wildman–Crippen LogP) is 1.83. The van der Waals surface area contributed by atoms with Gasteiger partial charge < -0.3 is 13.3 Å². The Kier molecular flexibility index (Phi) is 5.19. The maximum Gasteiger partial charge on any atom is 0.537 e. The monoisotopic (exact) mass is 262 g/mol. The first-order valence-electron chi connectivity index (χ1n) is 5.37. The highest BCUT2D eigenvalue weighted by Gasteiger charge is 2.43. The molecule has 1 rings (SSSR count). The first-order chi connectivity index (χ1) is 8.07. The summed E-state index contributed by atoms with van der Waals surface area (Å²) in [4.78, 5) is 0. The summed E-state index contributed by atoms with van der Waals surface area (Å²) in [6.45, 7) is 4.24. The SMILES string of the molecule is CCO[Si](OC)(OCC)c1cc(F)cc(F)c1. The van der Waals surface area contributed by atoms with Crippen LogP contribution in [0.5, 0.6) is 0 Å². The number of rotatable bonds is 6. The Hall–Kier alpha value is -0.823. The van der Waals surface area contributed by atoms with E-state index in [-0.39, 0.29) is 0 Å². The maximum absolute atomic E-state index is 13.2. The van der Waals surface area contributed by atoms with Crippen molar-refractivity contribution in [3.8, 4) is 0 Å². The summed E-state index contributed by atoms with van der Waals surface area (Å²) in [6.07, 6.45) is 0. The molecule has 6 heteroatoms. The number of hydrogen-bond donors (Lipinski definition) is 0. The molecule has 0 radical (unpaired) electrons. The van der Waals surface area contributed by atoms with E-state index in [1.54, 1.807) is 13.8 Å². The quantitative estimate of drug-likeness (QED) is 0.732. The van der Waals surface area contributed by atoms with Crippen molar-refractivity contribution in [3.63, 3.8) is 0 Å². The molecule has 0 aromatic heterocycles. The topological polar surface area (TPSA) is 27.7 Å². The van der Waals surface area contributed by atoms with Crippen molar-refractivity contribution in [1.29, 1.82) is 0 Å². The van der Waals surface area contributed by atoms with Crippen molar-refractivity contribution in [2.75, 3.05) is 20.3 Å². The van der Waals surface area contributed by atoms with Crippen LogP contribution in [0.15, 0.2) is 18.2 Å². The standard InChI is InChI=1S/C11H16F2O3Si/c1-4-15-17(14-3,16-5-2)11-7-9(12)6-10(13)8-11/h6-8H,4-5H2,1-3H3. The molecule has 1 aromatic rings. The lowest BCUT2D eigenvalue weighted by Crippen LogP contribution is -2.56. The predicted molar refractivity (Wildman–Crippen MR) is 62.0 cm³/mol. The molecule has 96 valence electrons. The molecule has 0 N–H and O–H groups in total. The van der Waals surface area contributed by atoms with Crippen molar-refractivity contribution in [1.82, 2.24) is 0 Å². The Balaban J connectivity index is 3.18. The highest BCUT2D eigenvalue weighted by Crippen LogP contribution is 2.12. The van der Waals surface area contributed by atoms with Gasteiger partial charge in [-0.1, -0.05) is 0 Å². The average molecular weight is 262 g/mol. The molecular weight excluding hydrogens is 246 g/mol. The molecule has 0 saturated carbocycles. The summed E-state index contributed by atoms with van der Waals surface area (Å²) in [5, 5.41) is 0.293. The van der Waals surface area contributed by atoms with Crippen LogP contribution in [0, 0.1) is 11.6 Å². The van der Waals surface area contributed by atoms with Gasteiger partial charge in [0.1, 0.15) is 11.6 Å². The summed E-state index contributed by atoms with van der Waals surface area (Å²) in [5.74, 6) is -1.35. The van der Waals surface area contributed by atoms with E-state index in [9.17, 15) is 8.78 Å². The summed E-state index contributed by atoms with van der Waals surface area (Å²) >= 11 is 0. The molecule has 0 amide bonds. The summed E-state index contributed by atoms with van der Waals surface area (Å²) < 4.78 is 42.6. The van der Waals surface area contributed by atoms with Gasteiger partial charge in [0.15, 0.2) is 0 Å². The van der Waals surface area contributed by atoms with Crippen molar-refractivity contribution in [3.05, 3.63) is 29.8 Å². The zero-order valence-corrected chi connectivity index (χ0v) is 11.1. The molecule has 0 saturated heterocycles. The molecule has 0 fully saturated rings. The number of benzene rings is 1. The lowest BCUT2D eigenvalue weighted by molar-refractivity contribution is 0.102. The summed E-state index contributed by atoms with van der Waals surface area (Å²) in [5.41, 5.74) is 0.